The van der Waals surface area contributed by atoms with Crippen molar-refractivity contribution < 1.29 is 13.9 Å². The molecule has 7 heteroatoms. The molecule has 0 spiro atoms. The van der Waals surface area contributed by atoms with Crippen molar-refractivity contribution in [3.8, 4) is 5.75 Å². The van der Waals surface area contributed by atoms with Gasteiger partial charge in [-0.25, -0.2) is 5.43 Å². The molecule has 2 aromatic rings. The predicted molar refractivity (Wildman–Crippen MR) is 101 cm³/mol. The third-order valence-corrected chi connectivity index (χ3v) is 5.10. The van der Waals surface area contributed by atoms with Crippen LogP contribution in [0, 0.1) is 6.92 Å². The van der Waals surface area contributed by atoms with Crippen LogP contribution < -0.4 is 10.2 Å². The van der Waals surface area contributed by atoms with Crippen LogP contribution in [0.5, 0.6) is 5.75 Å². The molecule has 1 aromatic carbocycles. The summed E-state index contributed by atoms with van der Waals surface area (Å²) in [5.74, 6) is 1.15. The molecule has 0 fully saturated rings. The number of benzene rings is 1. The molecule has 2 rings (SSSR count). The van der Waals surface area contributed by atoms with E-state index in [1.165, 1.54) is 12.5 Å². The van der Waals surface area contributed by atoms with Crippen molar-refractivity contribution in [3.05, 3.63) is 50.3 Å². The molecule has 0 saturated carbocycles. The van der Waals surface area contributed by atoms with Crippen LogP contribution in [0.25, 0.3) is 0 Å². The third kappa shape index (κ3) is 4.70. The molecule has 24 heavy (non-hydrogen) atoms. The lowest BCUT2D eigenvalue weighted by Gasteiger charge is -2.18. The van der Waals surface area contributed by atoms with Crippen molar-refractivity contribution in [1.82, 2.24) is 5.43 Å². The first kappa shape index (κ1) is 18.7. The summed E-state index contributed by atoms with van der Waals surface area (Å²) in [6, 6.07) is 5.50. The van der Waals surface area contributed by atoms with Crippen LogP contribution in [-0.2, 0) is 4.79 Å². The molecule has 1 N–H and O–H groups in total. The van der Waals surface area contributed by atoms with E-state index in [2.05, 4.69) is 56.2 Å². The van der Waals surface area contributed by atoms with Gasteiger partial charge in [-0.2, -0.15) is 5.10 Å². The maximum absolute atomic E-state index is 11.9. The van der Waals surface area contributed by atoms with Crippen molar-refractivity contribution in [2.24, 2.45) is 5.10 Å². The SMILES string of the molecule is Cc1c(Br)cc(C(C)C)c(OCC(=O)N/N=C/c2ccco2)c1Br. The Morgan fingerprint density at radius 2 is 2.21 bits per heavy atom. The first-order valence-electron chi connectivity index (χ1n) is 7.36. The first-order valence-corrected chi connectivity index (χ1v) is 8.95. The minimum atomic E-state index is -0.347. The number of hydrogen-bond acceptors (Lipinski definition) is 4. The lowest BCUT2D eigenvalue weighted by atomic mass is 10.0. The Morgan fingerprint density at radius 3 is 2.83 bits per heavy atom. The van der Waals surface area contributed by atoms with E-state index in [1.807, 2.05) is 13.0 Å². The molecule has 0 aliphatic heterocycles. The number of furan rings is 1. The van der Waals surface area contributed by atoms with Crippen LogP contribution in [0.1, 0.15) is 36.7 Å². The molecule has 0 radical (unpaired) electrons. The molecule has 0 bridgehead atoms. The third-order valence-electron chi connectivity index (χ3n) is 3.33. The number of nitrogens with zero attached hydrogens (tertiary/aromatic N) is 1. The molecule has 128 valence electrons. The number of carbonyl (C=O) groups excluding carboxylic acids is 1. The van der Waals surface area contributed by atoms with Gasteiger partial charge in [0.05, 0.1) is 17.0 Å². The smallest absolute Gasteiger partial charge is 0.277 e. The van der Waals surface area contributed by atoms with E-state index in [0.717, 1.165) is 20.1 Å². The highest BCUT2D eigenvalue weighted by atomic mass is 79.9. The van der Waals surface area contributed by atoms with Crippen LogP contribution >= 0.6 is 31.9 Å². The lowest BCUT2D eigenvalue weighted by molar-refractivity contribution is -0.123. The maximum Gasteiger partial charge on any atom is 0.277 e. The zero-order valence-electron chi connectivity index (χ0n) is 13.6. The van der Waals surface area contributed by atoms with Crippen molar-refractivity contribution in [1.29, 1.82) is 0 Å². The minimum absolute atomic E-state index is 0.130. The van der Waals surface area contributed by atoms with Gasteiger partial charge >= 0.3 is 0 Å². The Labute approximate surface area is 157 Å². The van der Waals surface area contributed by atoms with Gasteiger partial charge < -0.3 is 9.15 Å². The number of nitrogens with one attached hydrogen (secondary N) is 1. The van der Waals surface area contributed by atoms with E-state index in [9.17, 15) is 4.79 Å². The molecule has 1 amide bonds. The summed E-state index contributed by atoms with van der Waals surface area (Å²) < 4.78 is 12.7. The van der Waals surface area contributed by atoms with Crippen LogP contribution in [0.15, 0.2) is 42.9 Å². The maximum atomic E-state index is 11.9. The quantitative estimate of drug-likeness (QED) is 0.502. The Balaban J connectivity index is 2.03. The lowest BCUT2D eigenvalue weighted by Crippen LogP contribution is -2.25. The Morgan fingerprint density at radius 1 is 1.46 bits per heavy atom. The Kier molecular flexibility index (Phi) is 6.62. The van der Waals surface area contributed by atoms with E-state index >= 15 is 0 Å². The fraction of sp³-hybridized carbons (Fsp3) is 0.294. The first-order chi connectivity index (χ1) is 11.4. The molecule has 0 saturated heterocycles. The fourth-order valence-corrected chi connectivity index (χ4v) is 3.26. The van der Waals surface area contributed by atoms with Crippen molar-refractivity contribution in [2.75, 3.05) is 6.61 Å². The molecule has 0 aliphatic carbocycles. The molecule has 1 aromatic heterocycles. The number of hydrogen-bond donors (Lipinski definition) is 1. The second kappa shape index (κ2) is 8.48. The van der Waals surface area contributed by atoms with Crippen molar-refractivity contribution in [3.63, 3.8) is 0 Å². The molecule has 1 heterocycles. The van der Waals surface area contributed by atoms with E-state index < -0.39 is 0 Å². The van der Waals surface area contributed by atoms with Gasteiger partial charge in [-0.05, 0) is 58.1 Å². The van der Waals surface area contributed by atoms with Gasteiger partial charge in [-0.1, -0.05) is 29.8 Å². The van der Waals surface area contributed by atoms with Gasteiger partial charge in [0, 0.05) is 4.47 Å². The molecular formula is C17H18Br2N2O3. The summed E-state index contributed by atoms with van der Waals surface area (Å²) in [7, 11) is 0. The summed E-state index contributed by atoms with van der Waals surface area (Å²) in [6.45, 7) is 5.99. The van der Waals surface area contributed by atoms with Gasteiger partial charge in [-0.15, -0.1) is 0 Å². The molecule has 0 unspecified atom stereocenters. The van der Waals surface area contributed by atoms with Crippen LogP contribution in [0.4, 0.5) is 0 Å². The summed E-state index contributed by atoms with van der Waals surface area (Å²) in [4.78, 5) is 11.9. The molecule has 0 aliphatic rings. The van der Waals surface area contributed by atoms with Gasteiger partial charge in [-0.3, -0.25) is 4.79 Å². The monoisotopic (exact) mass is 456 g/mol. The van der Waals surface area contributed by atoms with Gasteiger partial charge in [0.25, 0.3) is 5.91 Å². The highest BCUT2D eigenvalue weighted by Crippen LogP contribution is 2.40. The number of carbonyl (C=O) groups is 1. The Bertz CT molecular complexity index is 741. The van der Waals surface area contributed by atoms with E-state index in [0.29, 0.717) is 11.5 Å². The van der Waals surface area contributed by atoms with Crippen LogP contribution in [-0.4, -0.2) is 18.7 Å². The topological polar surface area (TPSA) is 63.8 Å². The summed E-state index contributed by atoms with van der Waals surface area (Å²) in [6.07, 6.45) is 2.96. The predicted octanol–water partition coefficient (Wildman–Crippen LogP) is 4.77. The average Bonchev–Trinajstić information content (AvgIpc) is 3.04. The van der Waals surface area contributed by atoms with Crippen molar-refractivity contribution in [2.45, 2.75) is 26.7 Å². The normalized spacial score (nSPS) is 11.2. The largest absolute Gasteiger partial charge is 0.482 e. The standard InChI is InChI=1S/C17H18Br2N2O3/c1-10(2)13-7-14(18)11(3)16(19)17(13)24-9-15(22)21-20-8-12-5-4-6-23-12/h4-8,10H,9H2,1-3H3,(H,21,22)/b20-8+. The summed E-state index contributed by atoms with van der Waals surface area (Å²) >= 11 is 7.09. The zero-order chi connectivity index (χ0) is 17.7. The zero-order valence-corrected chi connectivity index (χ0v) is 16.8. The van der Waals surface area contributed by atoms with Gasteiger partial charge in [0.1, 0.15) is 11.5 Å². The number of ether oxygens (including phenoxy) is 1. The molecule has 5 nitrogen and oxygen atoms in total. The van der Waals surface area contributed by atoms with E-state index in [1.54, 1.807) is 12.1 Å². The van der Waals surface area contributed by atoms with E-state index in [4.69, 9.17) is 9.15 Å². The van der Waals surface area contributed by atoms with Gasteiger partial charge in [0.15, 0.2) is 6.61 Å². The van der Waals surface area contributed by atoms with Crippen LogP contribution in [0.2, 0.25) is 0 Å². The second-order valence-corrected chi connectivity index (χ2v) is 7.12. The van der Waals surface area contributed by atoms with Gasteiger partial charge in [0.2, 0.25) is 0 Å². The average molecular weight is 458 g/mol. The molecular weight excluding hydrogens is 440 g/mol. The summed E-state index contributed by atoms with van der Waals surface area (Å²) in [5, 5.41) is 3.82. The number of halogens is 2. The Hall–Kier alpha value is -1.60. The highest BCUT2D eigenvalue weighted by Gasteiger charge is 2.17. The van der Waals surface area contributed by atoms with Crippen LogP contribution in [0.3, 0.4) is 0 Å². The van der Waals surface area contributed by atoms with E-state index in [-0.39, 0.29) is 18.4 Å². The molecule has 0 atom stereocenters. The highest BCUT2D eigenvalue weighted by molar-refractivity contribution is 9.11. The summed E-state index contributed by atoms with van der Waals surface area (Å²) in [5.41, 5.74) is 4.45. The number of rotatable bonds is 6. The number of amides is 1. The fourth-order valence-electron chi connectivity index (χ4n) is 1.99. The second-order valence-electron chi connectivity index (χ2n) is 5.47. The van der Waals surface area contributed by atoms with Crippen molar-refractivity contribution >= 4 is 44.0 Å². The number of hydrazone groups is 1. The minimum Gasteiger partial charge on any atom is -0.482 e.